The fraction of sp³-hybridized carbons (Fsp3) is 0.500. The molecule has 0 bridgehead atoms. The first-order valence-corrected chi connectivity index (χ1v) is 9.83. The van der Waals surface area contributed by atoms with Gasteiger partial charge in [-0.25, -0.2) is 8.42 Å². The van der Waals surface area contributed by atoms with Gasteiger partial charge in [-0.05, 0) is 44.0 Å². The minimum Gasteiger partial charge on any atom is -0.344 e. The average Bonchev–Trinajstić information content (AvgIpc) is 3.02. The zero-order valence-electron chi connectivity index (χ0n) is 13.8. The van der Waals surface area contributed by atoms with Gasteiger partial charge in [0.05, 0.1) is 6.26 Å². The number of rotatable bonds is 6. The van der Waals surface area contributed by atoms with E-state index in [0.29, 0.717) is 11.4 Å². The molecule has 1 atom stereocenters. The summed E-state index contributed by atoms with van der Waals surface area (Å²) in [5, 5.41) is 5.44. The molecule has 1 saturated carbocycles. The van der Waals surface area contributed by atoms with Gasteiger partial charge in [-0.3, -0.25) is 14.3 Å². The van der Waals surface area contributed by atoms with E-state index >= 15 is 0 Å². The smallest absolute Gasteiger partial charge is 0.246 e. The van der Waals surface area contributed by atoms with Gasteiger partial charge < -0.3 is 10.6 Å². The van der Waals surface area contributed by atoms with Crippen LogP contribution < -0.4 is 15.4 Å². The van der Waals surface area contributed by atoms with E-state index in [1.54, 1.807) is 31.2 Å². The maximum Gasteiger partial charge on any atom is 0.246 e. The van der Waals surface area contributed by atoms with Crippen LogP contribution in [0.4, 0.5) is 11.4 Å². The van der Waals surface area contributed by atoms with Gasteiger partial charge in [-0.15, -0.1) is 0 Å². The fourth-order valence-electron chi connectivity index (χ4n) is 2.67. The number of amides is 2. The van der Waals surface area contributed by atoms with Crippen molar-refractivity contribution >= 4 is 33.2 Å². The highest BCUT2D eigenvalue weighted by Gasteiger charge is 2.25. The lowest BCUT2D eigenvalue weighted by atomic mass is 10.1. The third-order valence-corrected chi connectivity index (χ3v) is 4.54. The Morgan fingerprint density at radius 3 is 2.17 bits per heavy atom. The van der Waals surface area contributed by atoms with Gasteiger partial charge in [0.1, 0.15) is 6.04 Å². The van der Waals surface area contributed by atoms with Crippen LogP contribution in [0.2, 0.25) is 0 Å². The van der Waals surface area contributed by atoms with Gasteiger partial charge in [0.25, 0.3) is 0 Å². The Balaban J connectivity index is 1.87. The second kappa shape index (κ2) is 7.65. The predicted octanol–water partition coefficient (Wildman–Crippen LogP) is 1.69. The van der Waals surface area contributed by atoms with E-state index in [1.165, 1.54) is 0 Å². The molecule has 1 aromatic carbocycles. The number of sulfonamides is 1. The summed E-state index contributed by atoms with van der Waals surface area (Å²) in [7, 11) is -3.33. The van der Waals surface area contributed by atoms with E-state index in [4.69, 9.17) is 0 Å². The van der Waals surface area contributed by atoms with E-state index < -0.39 is 16.1 Å². The summed E-state index contributed by atoms with van der Waals surface area (Å²) in [4.78, 5) is 24.2. The molecule has 1 aliphatic carbocycles. The van der Waals surface area contributed by atoms with Crippen LogP contribution >= 0.6 is 0 Å². The topological polar surface area (TPSA) is 104 Å². The summed E-state index contributed by atoms with van der Waals surface area (Å²) in [5.74, 6) is -0.366. The molecule has 0 saturated heterocycles. The highest BCUT2D eigenvalue weighted by atomic mass is 32.2. The third kappa shape index (κ3) is 5.52. The number of benzene rings is 1. The van der Waals surface area contributed by atoms with Crippen molar-refractivity contribution in [2.24, 2.45) is 5.92 Å². The highest BCUT2D eigenvalue weighted by Crippen LogP contribution is 2.24. The molecule has 24 heavy (non-hydrogen) atoms. The number of anilines is 2. The molecule has 2 rings (SSSR count). The molecule has 0 aliphatic heterocycles. The van der Waals surface area contributed by atoms with Gasteiger partial charge >= 0.3 is 0 Å². The quantitative estimate of drug-likeness (QED) is 0.724. The van der Waals surface area contributed by atoms with E-state index in [9.17, 15) is 18.0 Å². The Morgan fingerprint density at radius 2 is 1.62 bits per heavy atom. The minimum atomic E-state index is -3.33. The largest absolute Gasteiger partial charge is 0.344 e. The van der Waals surface area contributed by atoms with Crippen LogP contribution in [0.1, 0.15) is 32.6 Å². The lowest BCUT2D eigenvalue weighted by Crippen LogP contribution is -2.43. The number of carbonyl (C=O) groups excluding carboxylic acids is 2. The van der Waals surface area contributed by atoms with Crippen molar-refractivity contribution in [3.8, 4) is 0 Å². The van der Waals surface area contributed by atoms with E-state index in [1.807, 2.05) is 0 Å². The van der Waals surface area contributed by atoms with Crippen molar-refractivity contribution in [1.29, 1.82) is 0 Å². The first-order valence-electron chi connectivity index (χ1n) is 7.94. The molecule has 7 nitrogen and oxygen atoms in total. The van der Waals surface area contributed by atoms with E-state index in [0.717, 1.165) is 31.9 Å². The van der Waals surface area contributed by atoms with Gasteiger partial charge in [0.15, 0.2) is 0 Å². The zero-order valence-corrected chi connectivity index (χ0v) is 14.7. The van der Waals surface area contributed by atoms with Crippen molar-refractivity contribution in [2.75, 3.05) is 16.3 Å². The van der Waals surface area contributed by atoms with Crippen molar-refractivity contribution in [3.05, 3.63) is 24.3 Å². The van der Waals surface area contributed by atoms with E-state index in [2.05, 4.69) is 15.4 Å². The second-order valence-corrected chi connectivity index (χ2v) is 7.90. The van der Waals surface area contributed by atoms with Crippen molar-refractivity contribution in [2.45, 2.75) is 38.6 Å². The Bertz CT molecular complexity index is 695. The average molecular weight is 353 g/mol. The van der Waals surface area contributed by atoms with Gasteiger partial charge in [0, 0.05) is 17.3 Å². The third-order valence-electron chi connectivity index (χ3n) is 3.93. The first-order chi connectivity index (χ1) is 11.2. The van der Waals surface area contributed by atoms with Crippen LogP contribution in [-0.4, -0.2) is 32.5 Å². The van der Waals surface area contributed by atoms with Crippen LogP contribution in [0.15, 0.2) is 24.3 Å². The minimum absolute atomic E-state index is 0.0154. The molecule has 1 aromatic rings. The number of hydrogen-bond acceptors (Lipinski definition) is 4. The summed E-state index contributed by atoms with van der Waals surface area (Å²) in [6.07, 6.45) is 4.96. The Kier molecular flexibility index (Phi) is 5.82. The molecular weight excluding hydrogens is 330 g/mol. The Morgan fingerprint density at radius 1 is 1.08 bits per heavy atom. The molecule has 1 fully saturated rings. The fourth-order valence-corrected chi connectivity index (χ4v) is 3.24. The number of carbonyl (C=O) groups is 2. The molecule has 8 heteroatoms. The summed E-state index contributed by atoms with van der Waals surface area (Å²) in [6.45, 7) is 1.64. The van der Waals surface area contributed by atoms with Crippen LogP contribution in [0.5, 0.6) is 0 Å². The summed E-state index contributed by atoms with van der Waals surface area (Å²) < 4.78 is 24.6. The normalized spacial score (nSPS) is 16.4. The summed E-state index contributed by atoms with van der Waals surface area (Å²) in [6, 6.07) is 5.66. The summed E-state index contributed by atoms with van der Waals surface area (Å²) >= 11 is 0. The van der Waals surface area contributed by atoms with Crippen LogP contribution in [0, 0.1) is 5.92 Å². The first kappa shape index (κ1) is 18.3. The van der Waals surface area contributed by atoms with Gasteiger partial charge in [-0.1, -0.05) is 12.8 Å². The van der Waals surface area contributed by atoms with E-state index in [-0.39, 0.29) is 17.7 Å². The molecule has 2 amide bonds. The van der Waals surface area contributed by atoms with Gasteiger partial charge in [0.2, 0.25) is 21.8 Å². The van der Waals surface area contributed by atoms with Crippen LogP contribution in [0.25, 0.3) is 0 Å². The lowest BCUT2D eigenvalue weighted by Gasteiger charge is -2.17. The van der Waals surface area contributed by atoms with Crippen molar-refractivity contribution in [3.63, 3.8) is 0 Å². The summed E-state index contributed by atoms with van der Waals surface area (Å²) in [5.41, 5.74) is 0.944. The predicted molar refractivity (Wildman–Crippen MR) is 93.1 cm³/mol. The molecule has 0 spiro atoms. The molecule has 1 unspecified atom stereocenters. The number of nitrogens with one attached hydrogen (secondary N) is 3. The maximum atomic E-state index is 12.1. The van der Waals surface area contributed by atoms with Crippen LogP contribution in [-0.2, 0) is 19.6 Å². The van der Waals surface area contributed by atoms with Crippen LogP contribution in [0.3, 0.4) is 0 Å². The molecular formula is C16H23N3O4S. The lowest BCUT2D eigenvalue weighted by molar-refractivity contribution is -0.128. The van der Waals surface area contributed by atoms with Crippen molar-refractivity contribution in [1.82, 2.24) is 5.32 Å². The molecule has 0 aromatic heterocycles. The molecule has 132 valence electrons. The standard InChI is InChI=1S/C16H23N3O4S/c1-11(17-16(21)12-5-3-4-6-12)15(20)18-13-7-9-14(10-8-13)19-24(2,22)23/h7-12,19H,3-6H2,1-2H3,(H,17,21)(H,18,20). The SMILES string of the molecule is CC(NC(=O)C1CCCC1)C(=O)Nc1ccc(NS(C)(=O)=O)cc1. The van der Waals surface area contributed by atoms with Gasteiger partial charge in [-0.2, -0.15) is 0 Å². The maximum absolute atomic E-state index is 12.1. The molecule has 1 aliphatic rings. The Labute approximate surface area is 142 Å². The molecule has 0 heterocycles. The number of hydrogen-bond donors (Lipinski definition) is 3. The zero-order chi connectivity index (χ0) is 17.7. The Hall–Kier alpha value is -2.09. The molecule has 3 N–H and O–H groups in total. The second-order valence-electron chi connectivity index (χ2n) is 6.15. The monoisotopic (exact) mass is 353 g/mol. The van der Waals surface area contributed by atoms with Crippen molar-refractivity contribution < 1.29 is 18.0 Å². The highest BCUT2D eigenvalue weighted by molar-refractivity contribution is 7.92. The molecule has 0 radical (unpaired) electrons.